The van der Waals surface area contributed by atoms with Gasteiger partial charge in [-0.1, -0.05) is 23.7 Å². The molecule has 1 aromatic rings. The molecule has 1 aliphatic carbocycles. The summed E-state index contributed by atoms with van der Waals surface area (Å²) in [6, 6.07) is 3.55. The van der Waals surface area contributed by atoms with Gasteiger partial charge in [0.05, 0.1) is 10.6 Å². The van der Waals surface area contributed by atoms with Crippen molar-refractivity contribution in [2.24, 2.45) is 0 Å². The van der Waals surface area contributed by atoms with Crippen LogP contribution in [0.25, 0.3) is 0 Å². The zero-order chi connectivity index (χ0) is 9.64. The number of aliphatic hydroxyl groups is 1. The third kappa shape index (κ3) is 1.30. The van der Waals surface area contributed by atoms with Crippen molar-refractivity contribution in [2.45, 2.75) is 25.4 Å². The number of phenols is 1. The molecule has 0 atom stereocenters. The summed E-state index contributed by atoms with van der Waals surface area (Å²) in [6.07, 6.45) is 1.46. The van der Waals surface area contributed by atoms with Gasteiger partial charge < -0.3 is 10.2 Å². The zero-order valence-corrected chi connectivity index (χ0v) is 8.10. The quantitative estimate of drug-likeness (QED) is 0.727. The van der Waals surface area contributed by atoms with Crippen LogP contribution in [0.3, 0.4) is 0 Å². The SMILES string of the molecule is Cc1ccc(C2(O)CC2)c(Cl)c1O. The van der Waals surface area contributed by atoms with Gasteiger partial charge in [0.2, 0.25) is 0 Å². The monoisotopic (exact) mass is 198 g/mol. The first kappa shape index (κ1) is 8.85. The topological polar surface area (TPSA) is 40.5 Å². The lowest BCUT2D eigenvalue weighted by molar-refractivity contribution is 0.151. The Morgan fingerprint density at radius 2 is 2.00 bits per heavy atom. The first-order valence-corrected chi connectivity index (χ1v) is 4.63. The summed E-state index contributed by atoms with van der Waals surface area (Å²) in [5.41, 5.74) is 0.609. The maximum atomic E-state index is 9.80. The Balaban J connectivity index is 2.54. The second-order valence-corrected chi connectivity index (χ2v) is 4.00. The van der Waals surface area contributed by atoms with Crippen molar-refractivity contribution >= 4 is 11.6 Å². The lowest BCUT2D eigenvalue weighted by Crippen LogP contribution is -2.05. The number of hydrogen-bond donors (Lipinski definition) is 2. The van der Waals surface area contributed by atoms with E-state index in [4.69, 9.17) is 11.6 Å². The van der Waals surface area contributed by atoms with Crippen LogP contribution in [-0.4, -0.2) is 10.2 Å². The molecule has 0 spiro atoms. The highest BCUT2D eigenvalue weighted by molar-refractivity contribution is 6.33. The zero-order valence-electron chi connectivity index (χ0n) is 7.34. The van der Waals surface area contributed by atoms with E-state index in [0.29, 0.717) is 10.6 Å². The van der Waals surface area contributed by atoms with Crippen LogP contribution < -0.4 is 0 Å². The molecule has 2 nitrogen and oxygen atoms in total. The second kappa shape index (κ2) is 2.63. The van der Waals surface area contributed by atoms with Crippen molar-refractivity contribution in [3.8, 4) is 5.75 Å². The molecular formula is C10H11ClO2. The van der Waals surface area contributed by atoms with E-state index < -0.39 is 5.60 Å². The van der Waals surface area contributed by atoms with E-state index in [9.17, 15) is 10.2 Å². The van der Waals surface area contributed by atoms with Crippen molar-refractivity contribution in [1.82, 2.24) is 0 Å². The number of rotatable bonds is 1. The molecule has 1 fully saturated rings. The fourth-order valence-electron chi connectivity index (χ4n) is 1.41. The largest absolute Gasteiger partial charge is 0.506 e. The summed E-state index contributed by atoms with van der Waals surface area (Å²) < 4.78 is 0. The second-order valence-electron chi connectivity index (χ2n) is 3.62. The van der Waals surface area contributed by atoms with Crippen LogP contribution in [0.5, 0.6) is 5.75 Å². The summed E-state index contributed by atoms with van der Waals surface area (Å²) >= 11 is 5.91. The van der Waals surface area contributed by atoms with E-state index >= 15 is 0 Å². The maximum Gasteiger partial charge on any atom is 0.137 e. The van der Waals surface area contributed by atoms with Gasteiger partial charge in [-0.3, -0.25) is 0 Å². The van der Waals surface area contributed by atoms with Crippen molar-refractivity contribution in [1.29, 1.82) is 0 Å². The van der Waals surface area contributed by atoms with Crippen LogP contribution in [0, 0.1) is 6.92 Å². The first-order valence-electron chi connectivity index (χ1n) is 4.25. The number of aryl methyl sites for hydroxylation is 1. The summed E-state index contributed by atoms with van der Waals surface area (Å²) in [5.74, 6) is 0.0829. The van der Waals surface area contributed by atoms with Crippen LogP contribution in [0.15, 0.2) is 12.1 Å². The molecule has 13 heavy (non-hydrogen) atoms. The summed E-state index contributed by atoms with van der Waals surface area (Å²) in [4.78, 5) is 0. The molecule has 0 radical (unpaired) electrons. The number of hydrogen-bond acceptors (Lipinski definition) is 2. The third-order valence-electron chi connectivity index (χ3n) is 2.54. The minimum absolute atomic E-state index is 0.0829. The van der Waals surface area contributed by atoms with E-state index in [1.54, 1.807) is 19.1 Å². The minimum Gasteiger partial charge on any atom is -0.506 e. The van der Waals surface area contributed by atoms with Gasteiger partial charge in [-0.25, -0.2) is 0 Å². The molecule has 0 amide bonds. The highest BCUT2D eigenvalue weighted by atomic mass is 35.5. The molecule has 0 saturated heterocycles. The number of phenolic OH excluding ortho intramolecular Hbond substituents is 1. The van der Waals surface area contributed by atoms with Gasteiger partial charge >= 0.3 is 0 Å². The molecule has 0 unspecified atom stereocenters. The molecule has 2 rings (SSSR count). The number of aromatic hydroxyl groups is 1. The Bertz CT molecular complexity index is 356. The predicted molar refractivity (Wildman–Crippen MR) is 51.0 cm³/mol. The maximum absolute atomic E-state index is 9.80. The van der Waals surface area contributed by atoms with Gasteiger partial charge in [0, 0.05) is 5.56 Å². The van der Waals surface area contributed by atoms with Crippen LogP contribution in [-0.2, 0) is 5.60 Å². The molecule has 1 aromatic carbocycles. The normalized spacial score (nSPS) is 18.7. The smallest absolute Gasteiger partial charge is 0.137 e. The minimum atomic E-state index is -0.776. The molecule has 0 heterocycles. The fraction of sp³-hybridized carbons (Fsp3) is 0.400. The molecule has 0 aromatic heterocycles. The predicted octanol–water partition coefficient (Wildman–Crippen LogP) is 2.34. The Labute approximate surface area is 81.8 Å². The molecule has 1 saturated carbocycles. The number of halogens is 1. The standard InChI is InChI=1S/C10H11ClO2/c1-6-2-3-7(8(11)9(6)12)10(13)4-5-10/h2-3,12-13H,4-5H2,1H3. The summed E-state index contributed by atoms with van der Waals surface area (Å²) in [5, 5.41) is 19.6. The third-order valence-corrected chi connectivity index (χ3v) is 2.93. The highest BCUT2D eigenvalue weighted by Crippen LogP contribution is 2.49. The molecular weight excluding hydrogens is 188 g/mol. The van der Waals surface area contributed by atoms with Crippen LogP contribution in [0.4, 0.5) is 0 Å². The van der Waals surface area contributed by atoms with Gasteiger partial charge in [0.1, 0.15) is 5.75 Å². The van der Waals surface area contributed by atoms with E-state index in [1.807, 2.05) is 0 Å². The van der Waals surface area contributed by atoms with Gasteiger partial charge in [0.25, 0.3) is 0 Å². The Morgan fingerprint density at radius 1 is 1.38 bits per heavy atom. The van der Waals surface area contributed by atoms with Crippen molar-refractivity contribution < 1.29 is 10.2 Å². The van der Waals surface area contributed by atoms with E-state index in [1.165, 1.54) is 0 Å². The lowest BCUT2D eigenvalue weighted by atomic mass is 10.0. The van der Waals surface area contributed by atoms with Crippen molar-refractivity contribution in [3.63, 3.8) is 0 Å². The average molecular weight is 199 g/mol. The Kier molecular flexibility index (Phi) is 1.79. The van der Waals surface area contributed by atoms with E-state index in [2.05, 4.69) is 0 Å². The van der Waals surface area contributed by atoms with Gasteiger partial charge in [-0.15, -0.1) is 0 Å². The van der Waals surface area contributed by atoms with Gasteiger partial charge in [0.15, 0.2) is 0 Å². The van der Waals surface area contributed by atoms with E-state index in [0.717, 1.165) is 18.4 Å². The van der Waals surface area contributed by atoms with Crippen molar-refractivity contribution in [3.05, 3.63) is 28.3 Å². The summed E-state index contributed by atoms with van der Waals surface area (Å²) in [7, 11) is 0. The molecule has 3 heteroatoms. The first-order chi connectivity index (χ1) is 6.04. The Morgan fingerprint density at radius 3 is 2.54 bits per heavy atom. The van der Waals surface area contributed by atoms with Gasteiger partial charge in [-0.05, 0) is 25.3 Å². The van der Waals surface area contributed by atoms with Crippen LogP contribution >= 0.6 is 11.6 Å². The molecule has 2 N–H and O–H groups in total. The molecule has 1 aliphatic rings. The molecule has 0 bridgehead atoms. The highest BCUT2D eigenvalue weighted by Gasteiger charge is 2.44. The average Bonchev–Trinajstić information content (AvgIpc) is 2.80. The lowest BCUT2D eigenvalue weighted by Gasteiger charge is -2.12. The fourth-order valence-corrected chi connectivity index (χ4v) is 1.80. The number of benzene rings is 1. The van der Waals surface area contributed by atoms with Crippen LogP contribution in [0.1, 0.15) is 24.0 Å². The summed E-state index contributed by atoms with van der Waals surface area (Å²) in [6.45, 7) is 1.78. The van der Waals surface area contributed by atoms with Gasteiger partial charge in [-0.2, -0.15) is 0 Å². The Hall–Kier alpha value is -0.730. The molecule has 0 aliphatic heterocycles. The molecule has 70 valence electrons. The van der Waals surface area contributed by atoms with Crippen LogP contribution in [0.2, 0.25) is 5.02 Å². The van der Waals surface area contributed by atoms with Crippen molar-refractivity contribution in [2.75, 3.05) is 0 Å². The van der Waals surface area contributed by atoms with E-state index in [-0.39, 0.29) is 5.75 Å².